The minimum absolute atomic E-state index is 0.113. The first kappa shape index (κ1) is 15.8. The van der Waals surface area contributed by atoms with Crippen LogP contribution in [0.5, 0.6) is 5.75 Å². The van der Waals surface area contributed by atoms with Crippen molar-refractivity contribution in [1.82, 2.24) is 4.72 Å². The van der Waals surface area contributed by atoms with Crippen molar-refractivity contribution < 1.29 is 23.1 Å². The second-order valence-electron chi connectivity index (χ2n) is 5.01. The maximum atomic E-state index is 12.3. The molecule has 6 nitrogen and oxygen atoms in total. The number of carboxylic acids is 1. The molecule has 1 saturated carbocycles. The molecule has 0 radical (unpaired) electrons. The maximum absolute atomic E-state index is 12.3. The van der Waals surface area contributed by atoms with Crippen LogP contribution in [0.2, 0.25) is 0 Å². The summed E-state index contributed by atoms with van der Waals surface area (Å²) in [6.07, 6.45) is 1.77. The molecule has 0 heterocycles. The third-order valence-corrected chi connectivity index (χ3v) is 5.09. The smallest absolute Gasteiger partial charge is 0.308 e. The summed E-state index contributed by atoms with van der Waals surface area (Å²) in [5.74, 6) is -1.00. The van der Waals surface area contributed by atoms with Gasteiger partial charge in [-0.25, -0.2) is 13.1 Å². The molecular weight excluding hydrogens is 294 g/mol. The number of carbonyl (C=O) groups is 1. The molecule has 1 aromatic carbocycles. The van der Waals surface area contributed by atoms with E-state index in [0.717, 1.165) is 0 Å². The minimum Gasteiger partial charge on any atom is -0.494 e. The molecule has 0 bridgehead atoms. The lowest BCUT2D eigenvalue weighted by molar-refractivity contribution is -0.141. The first-order valence-corrected chi connectivity index (χ1v) is 8.40. The lowest BCUT2D eigenvalue weighted by Crippen LogP contribution is -2.40. The molecule has 7 heteroatoms. The van der Waals surface area contributed by atoms with Gasteiger partial charge in [0.1, 0.15) is 5.75 Å². The Bertz CT molecular complexity index is 596. The van der Waals surface area contributed by atoms with Crippen LogP contribution in [-0.2, 0) is 14.8 Å². The number of aliphatic carboxylic acids is 1. The molecule has 21 heavy (non-hydrogen) atoms. The van der Waals surface area contributed by atoms with Gasteiger partial charge in [0.15, 0.2) is 0 Å². The number of carboxylic acid groups (broad SMARTS) is 1. The number of hydrogen-bond acceptors (Lipinski definition) is 4. The Hall–Kier alpha value is -1.60. The Morgan fingerprint density at radius 2 is 2.00 bits per heavy atom. The first-order chi connectivity index (χ1) is 9.94. The SMILES string of the molecule is CCOc1ccc(S(=O)(=O)NC2CCCC2C(=O)O)cc1. The predicted octanol–water partition coefficient (Wildman–Crippen LogP) is 1.62. The van der Waals surface area contributed by atoms with Crippen molar-refractivity contribution in [2.45, 2.75) is 37.1 Å². The van der Waals surface area contributed by atoms with Gasteiger partial charge in [0.2, 0.25) is 10.0 Å². The van der Waals surface area contributed by atoms with E-state index in [1.165, 1.54) is 12.1 Å². The fourth-order valence-corrected chi connectivity index (χ4v) is 3.86. The molecule has 0 aromatic heterocycles. The highest BCUT2D eigenvalue weighted by molar-refractivity contribution is 7.89. The highest BCUT2D eigenvalue weighted by Crippen LogP contribution is 2.27. The van der Waals surface area contributed by atoms with E-state index in [1.807, 2.05) is 6.92 Å². The number of benzene rings is 1. The van der Waals surface area contributed by atoms with Crippen LogP contribution in [0.25, 0.3) is 0 Å². The van der Waals surface area contributed by atoms with E-state index in [-0.39, 0.29) is 4.90 Å². The molecule has 1 aromatic rings. The third kappa shape index (κ3) is 3.74. The highest BCUT2D eigenvalue weighted by atomic mass is 32.2. The van der Waals surface area contributed by atoms with Gasteiger partial charge in [-0.15, -0.1) is 0 Å². The fourth-order valence-electron chi connectivity index (χ4n) is 2.55. The molecule has 2 atom stereocenters. The topological polar surface area (TPSA) is 92.7 Å². The number of rotatable bonds is 6. The van der Waals surface area contributed by atoms with Crippen molar-refractivity contribution in [2.24, 2.45) is 5.92 Å². The van der Waals surface area contributed by atoms with Crippen LogP contribution < -0.4 is 9.46 Å². The van der Waals surface area contributed by atoms with E-state index in [1.54, 1.807) is 12.1 Å². The zero-order chi connectivity index (χ0) is 15.5. The first-order valence-electron chi connectivity index (χ1n) is 6.92. The summed E-state index contributed by atoms with van der Waals surface area (Å²) in [5, 5.41) is 9.10. The average molecular weight is 313 g/mol. The second kappa shape index (κ2) is 6.44. The Morgan fingerprint density at radius 3 is 2.57 bits per heavy atom. The quantitative estimate of drug-likeness (QED) is 0.832. The van der Waals surface area contributed by atoms with Crippen LogP contribution in [0.1, 0.15) is 26.2 Å². The second-order valence-corrected chi connectivity index (χ2v) is 6.72. The molecule has 0 amide bonds. The molecular formula is C14H19NO5S. The Morgan fingerprint density at radius 1 is 1.33 bits per heavy atom. The molecule has 2 unspecified atom stereocenters. The predicted molar refractivity (Wildman–Crippen MR) is 76.7 cm³/mol. The molecule has 2 rings (SSSR count). The molecule has 1 fully saturated rings. The van der Waals surface area contributed by atoms with Crippen molar-refractivity contribution >= 4 is 16.0 Å². The summed E-state index contributed by atoms with van der Waals surface area (Å²) in [4.78, 5) is 11.2. The summed E-state index contributed by atoms with van der Waals surface area (Å²) in [6, 6.07) is 5.54. The largest absolute Gasteiger partial charge is 0.494 e. The van der Waals surface area contributed by atoms with Gasteiger partial charge < -0.3 is 9.84 Å². The van der Waals surface area contributed by atoms with E-state index in [2.05, 4.69) is 4.72 Å². The zero-order valence-electron chi connectivity index (χ0n) is 11.8. The number of ether oxygens (including phenoxy) is 1. The summed E-state index contributed by atoms with van der Waals surface area (Å²) >= 11 is 0. The van der Waals surface area contributed by atoms with Crippen molar-refractivity contribution in [3.63, 3.8) is 0 Å². The summed E-state index contributed by atoms with van der Waals surface area (Å²) in [6.45, 7) is 2.35. The lowest BCUT2D eigenvalue weighted by Gasteiger charge is -2.17. The van der Waals surface area contributed by atoms with Crippen LogP contribution in [0.15, 0.2) is 29.2 Å². The zero-order valence-corrected chi connectivity index (χ0v) is 12.6. The van der Waals surface area contributed by atoms with Gasteiger partial charge in [-0.1, -0.05) is 6.42 Å². The molecule has 0 aliphatic heterocycles. The van der Waals surface area contributed by atoms with Crippen LogP contribution in [0.4, 0.5) is 0 Å². The standard InChI is InChI=1S/C14H19NO5S/c1-2-20-10-6-8-11(9-7-10)21(18,19)15-13-5-3-4-12(13)14(16)17/h6-9,12-13,15H,2-5H2,1H3,(H,16,17). The molecule has 0 saturated heterocycles. The van der Waals surface area contributed by atoms with E-state index < -0.39 is 28.0 Å². The maximum Gasteiger partial charge on any atom is 0.308 e. The Kier molecular flexibility index (Phi) is 4.84. The van der Waals surface area contributed by atoms with Gasteiger partial charge in [-0.2, -0.15) is 0 Å². The number of nitrogens with one attached hydrogen (secondary N) is 1. The van der Waals surface area contributed by atoms with Gasteiger partial charge >= 0.3 is 5.97 Å². The minimum atomic E-state index is -3.71. The van der Waals surface area contributed by atoms with Gasteiger partial charge in [0, 0.05) is 6.04 Å². The van der Waals surface area contributed by atoms with Gasteiger partial charge in [0.25, 0.3) is 0 Å². The van der Waals surface area contributed by atoms with Crippen LogP contribution in [0, 0.1) is 5.92 Å². The fraction of sp³-hybridized carbons (Fsp3) is 0.500. The van der Waals surface area contributed by atoms with E-state index >= 15 is 0 Å². The lowest BCUT2D eigenvalue weighted by atomic mass is 10.1. The number of hydrogen-bond donors (Lipinski definition) is 2. The van der Waals surface area contributed by atoms with Crippen molar-refractivity contribution in [3.8, 4) is 5.75 Å². The summed E-state index contributed by atoms with van der Waals surface area (Å²) in [5.41, 5.74) is 0. The number of sulfonamides is 1. The molecule has 116 valence electrons. The van der Waals surface area contributed by atoms with Gasteiger partial charge in [-0.3, -0.25) is 4.79 Å². The van der Waals surface area contributed by atoms with Crippen molar-refractivity contribution in [2.75, 3.05) is 6.61 Å². The van der Waals surface area contributed by atoms with E-state index in [4.69, 9.17) is 9.84 Å². The van der Waals surface area contributed by atoms with Gasteiger partial charge in [0.05, 0.1) is 17.4 Å². The normalized spacial score (nSPS) is 22.1. The molecule has 1 aliphatic rings. The van der Waals surface area contributed by atoms with E-state index in [9.17, 15) is 13.2 Å². The van der Waals surface area contributed by atoms with Crippen LogP contribution in [0.3, 0.4) is 0 Å². The Labute approximate surface area is 124 Å². The Balaban J connectivity index is 2.12. The average Bonchev–Trinajstić information content (AvgIpc) is 2.87. The third-order valence-electron chi connectivity index (χ3n) is 3.58. The van der Waals surface area contributed by atoms with Crippen molar-refractivity contribution in [1.29, 1.82) is 0 Å². The van der Waals surface area contributed by atoms with Crippen molar-refractivity contribution in [3.05, 3.63) is 24.3 Å². The molecule has 0 spiro atoms. The molecule has 2 N–H and O–H groups in total. The highest BCUT2D eigenvalue weighted by Gasteiger charge is 2.35. The van der Waals surface area contributed by atoms with E-state index in [0.29, 0.717) is 31.6 Å². The summed E-state index contributed by atoms with van der Waals surface area (Å²) in [7, 11) is -3.71. The van der Waals surface area contributed by atoms with Gasteiger partial charge in [-0.05, 0) is 44.0 Å². The van der Waals surface area contributed by atoms with Crippen LogP contribution >= 0.6 is 0 Å². The summed E-state index contributed by atoms with van der Waals surface area (Å²) < 4.78 is 32.3. The molecule has 1 aliphatic carbocycles. The van der Waals surface area contributed by atoms with Crippen LogP contribution in [-0.4, -0.2) is 32.1 Å². The monoisotopic (exact) mass is 313 g/mol.